The molecule has 0 radical (unpaired) electrons. The third-order valence-electron chi connectivity index (χ3n) is 15.2. The first-order valence-electron chi connectivity index (χ1n) is 24.7. The summed E-state index contributed by atoms with van der Waals surface area (Å²) in [5, 5.41) is 0. The Kier molecular flexibility index (Phi) is 9.42. The maximum Gasteiger partial charge on any atom is 0.164 e. The Morgan fingerprint density at radius 3 is 1.70 bits per heavy atom. The number of hydrogen-bond donors (Lipinski definition) is 0. The van der Waals surface area contributed by atoms with E-state index in [2.05, 4.69) is 178 Å². The summed E-state index contributed by atoms with van der Waals surface area (Å²) in [5.74, 6) is 3.45. The van der Waals surface area contributed by atoms with Gasteiger partial charge in [-0.1, -0.05) is 170 Å². The second-order valence-corrected chi connectivity index (χ2v) is 19.0. The molecular formula is C62H49N7. The van der Waals surface area contributed by atoms with E-state index in [0.717, 1.165) is 83.5 Å². The SMILES string of the molecule is C1=CC2c3ccccc3N(c3ncc(-n4c5c(c6c4C=CCC6)CCC=C5)c(-c4ccc(-c5nc(-c6ccccc6)nc(-c6ccccc6)n5)cc4)c3N3c4ccccc4C4CCC=CC43)C2C=C1. The Bertz CT molecular complexity index is 3390. The highest BCUT2D eigenvalue weighted by molar-refractivity contribution is 5.99. The van der Waals surface area contributed by atoms with E-state index in [1.54, 1.807) is 0 Å². The molecular weight excluding hydrogens is 843 g/mol. The minimum atomic E-state index is 0.0645. The third-order valence-corrected chi connectivity index (χ3v) is 15.2. The number of hydrogen-bond acceptors (Lipinski definition) is 6. The summed E-state index contributed by atoms with van der Waals surface area (Å²) in [5.41, 5.74) is 18.0. The minimum Gasteiger partial charge on any atom is -0.330 e. The lowest BCUT2D eigenvalue weighted by molar-refractivity contribution is 0.572. The van der Waals surface area contributed by atoms with Crippen molar-refractivity contribution < 1.29 is 0 Å². The lowest BCUT2D eigenvalue weighted by Crippen LogP contribution is -2.35. The summed E-state index contributed by atoms with van der Waals surface area (Å²) in [4.78, 5) is 26.3. The summed E-state index contributed by atoms with van der Waals surface area (Å²) in [6.45, 7) is 0. The molecule has 5 aromatic carbocycles. The standard InChI is InChI=1S/C62H49N7/c1-3-19-41(20-4-1)59-64-60(42-21-5-2-6-22-42)66-61(65-59)43-37-35-40(36-38-43)57-56(67-50-29-13-7-23-44(50)45-24-8-14-30-51(45)67)39-63-62(69-54-33-17-11-27-48(54)49-28-12-18-34-55(49)69)58(57)68-52-31-15-9-25-46(52)47-26-10-16-32-53(47)68/h1-6,9,11-22,25,27-39,47-48,53-54H,7-8,10,23-24,26H2. The molecule has 332 valence electrons. The average Bonchev–Trinajstić information content (AvgIpc) is 4.07. The van der Waals surface area contributed by atoms with Crippen molar-refractivity contribution in [1.82, 2.24) is 24.5 Å². The first-order chi connectivity index (χ1) is 34.3. The zero-order chi connectivity index (χ0) is 45.4. The van der Waals surface area contributed by atoms with Crippen molar-refractivity contribution in [3.8, 4) is 51.0 Å². The first-order valence-corrected chi connectivity index (χ1v) is 24.7. The molecule has 4 unspecified atom stereocenters. The van der Waals surface area contributed by atoms with Crippen LogP contribution >= 0.6 is 0 Å². The first kappa shape index (κ1) is 40.0. The zero-order valence-corrected chi connectivity index (χ0v) is 38.2. The van der Waals surface area contributed by atoms with Gasteiger partial charge in [0.1, 0.15) is 0 Å². The number of rotatable bonds is 7. The molecule has 69 heavy (non-hydrogen) atoms. The van der Waals surface area contributed by atoms with Gasteiger partial charge in [-0.2, -0.15) is 0 Å². The van der Waals surface area contributed by atoms with Gasteiger partial charge >= 0.3 is 0 Å². The molecule has 4 atom stereocenters. The molecule has 6 aliphatic rings. The van der Waals surface area contributed by atoms with E-state index in [1.807, 2.05) is 36.4 Å². The predicted molar refractivity (Wildman–Crippen MR) is 280 cm³/mol. The van der Waals surface area contributed by atoms with E-state index in [1.165, 1.54) is 45.0 Å². The van der Waals surface area contributed by atoms with E-state index in [4.69, 9.17) is 19.9 Å². The maximum absolute atomic E-state index is 5.79. The molecule has 7 heteroatoms. The van der Waals surface area contributed by atoms with Crippen LogP contribution in [0.25, 0.3) is 63.1 Å². The third kappa shape index (κ3) is 6.40. The van der Waals surface area contributed by atoms with Crippen LogP contribution in [-0.4, -0.2) is 36.6 Å². The molecule has 0 amide bonds. The number of aromatic nitrogens is 5. The number of nitrogens with zero attached hydrogens (tertiary/aromatic N) is 7. The van der Waals surface area contributed by atoms with Crippen LogP contribution < -0.4 is 9.80 Å². The van der Waals surface area contributed by atoms with Gasteiger partial charge < -0.3 is 14.4 Å². The van der Waals surface area contributed by atoms with E-state index >= 15 is 0 Å². The van der Waals surface area contributed by atoms with Crippen LogP contribution in [0.5, 0.6) is 0 Å². The molecule has 0 saturated carbocycles. The molecule has 4 aliphatic carbocycles. The van der Waals surface area contributed by atoms with Gasteiger partial charge in [-0.3, -0.25) is 0 Å². The topological polar surface area (TPSA) is 63.0 Å². The second-order valence-electron chi connectivity index (χ2n) is 19.0. The second kappa shape index (κ2) is 16.3. The monoisotopic (exact) mass is 891 g/mol. The van der Waals surface area contributed by atoms with Crippen molar-refractivity contribution in [2.24, 2.45) is 0 Å². The molecule has 7 nitrogen and oxygen atoms in total. The Labute approximate surface area is 402 Å². The smallest absolute Gasteiger partial charge is 0.164 e. The van der Waals surface area contributed by atoms with Crippen LogP contribution in [0.2, 0.25) is 0 Å². The highest BCUT2D eigenvalue weighted by Crippen LogP contribution is 2.58. The van der Waals surface area contributed by atoms with Crippen LogP contribution in [0.15, 0.2) is 188 Å². The molecule has 0 saturated heterocycles. The fraction of sp³-hybridized carbons (Fsp3) is 0.161. The van der Waals surface area contributed by atoms with Crippen LogP contribution in [0, 0.1) is 0 Å². The van der Waals surface area contributed by atoms with Crippen molar-refractivity contribution in [3.05, 3.63) is 222 Å². The van der Waals surface area contributed by atoms with Gasteiger partial charge in [-0.25, -0.2) is 19.9 Å². The number of para-hydroxylation sites is 2. The lowest BCUT2D eigenvalue weighted by Gasteiger charge is -2.37. The number of allylic oxidation sites excluding steroid dienone is 5. The molecule has 14 rings (SSSR count). The van der Waals surface area contributed by atoms with Gasteiger partial charge in [-0.15, -0.1) is 0 Å². The number of pyridine rings is 1. The van der Waals surface area contributed by atoms with Crippen molar-refractivity contribution in [1.29, 1.82) is 0 Å². The average molecular weight is 892 g/mol. The van der Waals surface area contributed by atoms with Crippen molar-refractivity contribution in [2.75, 3.05) is 9.80 Å². The van der Waals surface area contributed by atoms with Gasteiger partial charge in [0.15, 0.2) is 23.3 Å². The summed E-state index contributed by atoms with van der Waals surface area (Å²) < 4.78 is 2.55. The van der Waals surface area contributed by atoms with Crippen LogP contribution in [0.3, 0.4) is 0 Å². The fourth-order valence-corrected chi connectivity index (χ4v) is 12.2. The van der Waals surface area contributed by atoms with Crippen molar-refractivity contribution in [3.63, 3.8) is 0 Å². The van der Waals surface area contributed by atoms with Crippen LogP contribution in [0.1, 0.15) is 71.2 Å². The summed E-state index contributed by atoms with van der Waals surface area (Å²) in [6, 6.07) is 47.7. The molecule has 0 bridgehead atoms. The van der Waals surface area contributed by atoms with Gasteiger partial charge in [0.2, 0.25) is 0 Å². The zero-order valence-electron chi connectivity index (χ0n) is 38.2. The summed E-state index contributed by atoms with van der Waals surface area (Å²) in [6.07, 6.45) is 32.0. The number of benzene rings is 5. The molecule has 0 spiro atoms. The molecule has 5 heterocycles. The molecule has 8 aromatic rings. The number of fused-ring (bicyclic) bond motifs is 9. The predicted octanol–water partition coefficient (Wildman–Crippen LogP) is 14.3. The van der Waals surface area contributed by atoms with E-state index in [0.29, 0.717) is 23.4 Å². The molecule has 3 aromatic heterocycles. The molecule has 0 fully saturated rings. The molecule has 0 N–H and O–H groups in total. The van der Waals surface area contributed by atoms with Gasteiger partial charge in [-0.05, 0) is 90.6 Å². The van der Waals surface area contributed by atoms with Gasteiger partial charge in [0.25, 0.3) is 0 Å². The fourth-order valence-electron chi connectivity index (χ4n) is 12.2. The quantitative estimate of drug-likeness (QED) is 0.149. The van der Waals surface area contributed by atoms with Crippen LogP contribution in [-0.2, 0) is 12.8 Å². The number of anilines is 4. The Morgan fingerprint density at radius 2 is 1.03 bits per heavy atom. The van der Waals surface area contributed by atoms with E-state index in [-0.39, 0.29) is 18.0 Å². The molecule has 2 aliphatic heterocycles. The van der Waals surface area contributed by atoms with Crippen LogP contribution in [0.4, 0.5) is 22.9 Å². The van der Waals surface area contributed by atoms with E-state index < -0.39 is 0 Å². The minimum absolute atomic E-state index is 0.0645. The van der Waals surface area contributed by atoms with Gasteiger partial charge in [0.05, 0.1) is 29.7 Å². The highest BCUT2D eigenvalue weighted by Gasteiger charge is 2.45. The Hall–Kier alpha value is -8.16. The van der Waals surface area contributed by atoms with Crippen molar-refractivity contribution >= 4 is 35.0 Å². The summed E-state index contributed by atoms with van der Waals surface area (Å²) in [7, 11) is 0. The Morgan fingerprint density at radius 1 is 0.464 bits per heavy atom. The lowest BCUT2D eigenvalue weighted by atomic mass is 9.86. The van der Waals surface area contributed by atoms with E-state index in [9.17, 15) is 0 Å². The largest absolute Gasteiger partial charge is 0.330 e. The normalized spacial score (nSPS) is 20.1. The highest BCUT2D eigenvalue weighted by atomic mass is 15.3. The summed E-state index contributed by atoms with van der Waals surface area (Å²) >= 11 is 0. The Balaban J connectivity index is 1.05. The maximum atomic E-state index is 5.79. The van der Waals surface area contributed by atoms with Gasteiger partial charge in [0, 0.05) is 56.9 Å². The van der Waals surface area contributed by atoms with Crippen molar-refractivity contribution in [2.45, 2.75) is 62.4 Å².